The van der Waals surface area contributed by atoms with Crippen molar-refractivity contribution < 1.29 is 0 Å². The third-order valence-electron chi connectivity index (χ3n) is 2.46. The van der Waals surface area contributed by atoms with Crippen LogP contribution >= 0.6 is 23.4 Å². The van der Waals surface area contributed by atoms with Crippen molar-refractivity contribution in [3.8, 4) is 0 Å². The Kier molecular flexibility index (Phi) is 3.97. The van der Waals surface area contributed by atoms with Crippen molar-refractivity contribution in [2.24, 2.45) is 0 Å². The largest absolute Gasteiger partial charge is 0.387 e. The molecule has 0 saturated heterocycles. The molecule has 0 atom stereocenters. The van der Waals surface area contributed by atoms with E-state index in [0.29, 0.717) is 0 Å². The summed E-state index contributed by atoms with van der Waals surface area (Å²) in [5.41, 5.74) is 2.24. The second-order valence-corrected chi connectivity index (χ2v) is 5.36. The van der Waals surface area contributed by atoms with Gasteiger partial charge in [0.1, 0.15) is 0 Å². The Balaban J connectivity index is 2.21. The molecule has 0 aliphatic rings. The molecule has 0 aliphatic carbocycles. The maximum absolute atomic E-state index is 6.05. The fraction of sp³-hybridized carbons (Fsp3) is 0.143. The summed E-state index contributed by atoms with van der Waals surface area (Å²) < 4.78 is 0. The fourth-order valence-electron chi connectivity index (χ4n) is 1.50. The normalized spacial score (nSPS) is 10.3. The van der Waals surface area contributed by atoms with Crippen molar-refractivity contribution in [2.45, 2.75) is 16.7 Å². The smallest absolute Gasteiger partial charge is 0.0638 e. The minimum absolute atomic E-state index is 0.751. The molecule has 0 unspecified atom stereocenters. The molecule has 0 radical (unpaired) electrons. The van der Waals surface area contributed by atoms with Crippen LogP contribution in [0, 0.1) is 6.92 Å². The molecule has 0 aliphatic heterocycles. The van der Waals surface area contributed by atoms with Gasteiger partial charge in [-0.15, -0.1) is 0 Å². The average Bonchev–Trinajstić information content (AvgIpc) is 2.34. The molecule has 2 aromatic rings. The fourth-order valence-corrected chi connectivity index (χ4v) is 2.57. The van der Waals surface area contributed by atoms with Gasteiger partial charge in [-0.3, -0.25) is 0 Å². The number of aryl methyl sites for hydroxylation is 1. The Morgan fingerprint density at radius 1 is 1.00 bits per heavy atom. The highest BCUT2D eigenvalue weighted by molar-refractivity contribution is 7.99. The van der Waals surface area contributed by atoms with E-state index in [1.165, 1.54) is 15.4 Å². The maximum atomic E-state index is 6.05. The quantitative estimate of drug-likeness (QED) is 0.850. The van der Waals surface area contributed by atoms with Gasteiger partial charge in [0.15, 0.2) is 0 Å². The molecule has 0 bridgehead atoms. The molecule has 1 nitrogen and oxygen atoms in total. The first-order valence-electron chi connectivity index (χ1n) is 5.41. The summed E-state index contributed by atoms with van der Waals surface area (Å²) in [5, 5.41) is 3.84. The van der Waals surface area contributed by atoms with Crippen molar-refractivity contribution in [1.29, 1.82) is 0 Å². The molecule has 0 heterocycles. The van der Waals surface area contributed by atoms with Crippen LogP contribution in [0.1, 0.15) is 5.56 Å². The van der Waals surface area contributed by atoms with E-state index in [0.717, 1.165) is 10.7 Å². The van der Waals surface area contributed by atoms with Crippen molar-refractivity contribution in [2.75, 3.05) is 12.4 Å². The molecule has 1 N–H and O–H groups in total. The summed E-state index contributed by atoms with van der Waals surface area (Å²) in [6.07, 6.45) is 0. The Morgan fingerprint density at radius 2 is 1.65 bits per heavy atom. The van der Waals surface area contributed by atoms with Crippen LogP contribution in [-0.4, -0.2) is 7.05 Å². The lowest BCUT2D eigenvalue weighted by Crippen LogP contribution is -1.88. The molecular weight excluding hydrogens is 250 g/mol. The maximum Gasteiger partial charge on any atom is 0.0638 e. The molecule has 0 saturated carbocycles. The predicted octanol–water partition coefficient (Wildman–Crippen LogP) is 4.84. The molecule has 0 aromatic heterocycles. The Hall–Kier alpha value is -1.12. The molecule has 3 heteroatoms. The van der Waals surface area contributed by atoms with Gasteiger partial charge in [0, 0.05) is 16.8 Å². The lowest BCUT2D eigenvalue weighted by atomic mass is 10.2. The zero-order valence-electron chi connectivity index (χ0n) is 9.83. The molecule has 17 heavy (non-hydrogen) atoms. The van der Waals surface area contributed by atoms with Crippen LogP contribution in [0.5, 0.6) is 0 Å². The van der Waals surface area contributed by atoms with Gasteiger partial charge in [-0.25, -0.2) is 0 Å². The highest BCUT2D eigenvalue weighted by Gasteiger charge is 2.02. The second kappa shape index (κ2) is 5.48. The van der Waals surface area contributed by atoms with E-state index < -0.39 is 0 Å². The van der Waals surface area contributed by atoms with Gasteiger partial charge in [0.05, 0.1) is 10.7 Å². The van der Waals surface area contributed by atoms with Gasteiger partial charge in [0.2, 0.25) is 0 Å². The summed E-state index contributed by atoms with van der Waals surface area (Å²) in [5.74, 6) is 0. The number of nitrogens with one attached hydrogen (secondary N) is 1. The van der Waals surface area contributed by atoms with E-state index in [1.54, 1.807) is 11.8 Å². The van der Waals surface area contributed by atoms with Crippen molar-refractivity contribution in [1.82, 2.24) is 0 Å². The van der Waals surface area contributed by atoms with Gasteiger partial charge in [0.25, 0.3) is 0 Å². The van der Waals surface area contributed by atoms with Gasteiger partial charge in [-0.2, -0.15) is 0 Å². The number of halogens is 1. The SMILES string of the molecule is CNc1cc(Sc2ccc(C)cc2)ccc1Cl. The third-order valence-corrected chi connectivity index (χ3v) is 3.79. The topological polar surface area (TPSA) is 12.0 Å². The van der Waals surface area contributed by atoms with Gasteiger partial charge >= 0.3 is 0 Å². The molecule has 2 rings (SSSR count). The molecule has 0 amide bonds. The van der Waals surface area contributed by atoms with Crippen LogP contribution in [0.3, 0.4) is 0 Å². The summed E-state index contributed by atoms with van der Waals surface area (Å²) in [7, 11) is 1.88. The number of hydrogen-bond donors (Lipinski definition) is 1. The predicted molar refractivity (Wildman–Crippen MR) is 76.3 cm³/mol. The minimum atomic E-state index is 0.751. The van der Waals surface area contributed by atoms with E-state index in [1.807, 2.05) is 19.2 Å². The summed E-state index contributed by atoms with van der Waals surface area (Å²) in [4.78, 5) is 2.42. The highest BCUT2D eigenvalue weighted by Crippen LogP contribution is 2.32. The summed E-state index contributed by atoms with van der Waals surface area (Å²) >= 11 is 7.78. The Labute approximate surface area is 111 Å². The summed E-state index contributed by atoms with van der Waals surface area (Å²) in [6.45, 7) is 2.09. The average molecular weight is 264 g/mol. The zero-order chi connectivity index (χ0) is 12.3. The van der Waals surface area contributed by atoms with E-state index >= 15 is 0 Å². The number of hydrogen-bond acceptors (Lipinski definition) is 2. The van der Waals surface area contributed by atoms with E-state index in [9.17, 15) is 0 Å². The van der Waals surface area contributed by atoms with E-state index in [2.05, 4.69) is 42.6 Å². The Bertz CT molecular complexity index is 508. The van der Waals surface area contributed by atoms with Crippen LogP contribution in [0.2, 0.25) is 5.02 Å². The van der Waals surface area contributed by atoms with E-state index in [4.69, 9.17) is 11.6 Å². The lowest BCUT2D eigenvalue weighted by Gasteiger charge is -2.07. The highest BCUT2D eigenvalue weighted by atomic mass is 35.5. The Morgan fingerprint density at radius 3 is 2.29 bits per heavy atom. The zero-order valence-corrected chi connectivity index (χ0v) is 11.4. The van der Waals surface area contributed by atoms with Crippen molar-refractivity contribution in [3.63, 3.8) is 0 Å². The molecule has 88 valence electrons. The molecule has 0 fully saturated rings. The van der Waals surface area contributed by atoms with E-state index in [-0.39, 0.29) is 0 Å². The number of rotatable bonds is 3. The number of benzene rings is 2. The van der Waals surface area contributed by atoms with Gasteiger partial charge < -0.3 is 5.32 Å². The monoisotopic (exact) mass is 263 g/mol. The van der Waals surface area contributed by atoms with Crippen molar-refractivity contribution >= 4 is 29.1 Å². The first kappa shape index (κ1) is 12.3. The molecular formula is C14H14ClNS. The van der Waals surface area contributed by atoms with Crippen LogP contribution in [0.25, 0.3) is 0 Å². The van der Waals surface area contributed by atoms with Crippen LogP contribution < -0.4 is 5.32 Å². The molecule has 2 aromatic carbocycles. The van der Waals surface area contributed by atoms with Crippen LogP contribution in [0.4, 0.5) is 5.69 Å². The second-order valence-electron chi connectivity index (χ2n) is 3.81. The van der Waals surface area contributed by atoms with Crippen LogP contribution in [0.15, 0.2) is 52.3 Å². The van der Waals surface area contributed by atoms with Crippen LogP contribution in [-0.2, 0) is 0 Å². The van der Waals surface area contributed by atoms with Crippen molar-refractivity contribution in [3.05, 3.63) is 53.1 Å². The third kappa shape index (κ3) is 3.18. The van der Waals surface area contributed by atoms with Gasteiger partial charge in [-0.05, 0) is 37.3 Å². The standard InChI is InChI=1S/C14H14ClNS/c1-10-3-5-11(6-4-10)17-12-7-8-13(15)14(9-12)16-2/h3-9,16H,1-2H3. The van der Waals surface area contributed by atoms with Gasteiger partial charge in [-0.1, -0.05) is 41.1 Å². The number of anilines is 1. The molecule has 0 spiro atoms. The first-order valence-corrected chi connectivity index (χ1v) is 6.60. The lowest BCUT2D eigenvalue weighted by molar-refractivity contribution is 1.35. The first-order chi connectivity index (χ1) is 8.19. The summed E-state index contributed by atoms with van der Waals surface area (Å²) in [6, 6.07) is 14.5. The minimum Gasteiger partial charge on any atom is -0.387 e.